The Kier molecular flexibility index (Phi) is 3.23. The van der Waals surface area contributed by atoms with E-state index in [-0.39, 0.29) is 0 Å². The van der Waals surface area contributed by atoms with Gasteiger partial charge in [-0.05, 0) is 34.6 Å². The van der Waals surface area contributed by atoms with E-state index in [1.807, 2.05) is 18.3 Å². The van der Waals surface area contributed by atoms with Gasteiger partial charge in [0.1, 0.15) is 0 Å². The molecular formula is C10H11BrN2OS. The standard InChI is InChI=1S/C10H11BrN2OS/c1-6(4-12)8-5-13-10(15-8)7-2-3-9(11)14-7/h2-3,5-6H,4,12H2,1H3. The Hall–Kier alpha value is -0.650. The van der Waals surface area contributed by atoms with Crippen LogP contribution in [-0.4, -0.2) is 11.5 Å². The summed E-state index contributed by atoms with van der Waals surface area (Å²) in [7, 11) is 0. The molecule has 1 unspecified atom stereocenters. The molecule has 2 aromatic heterocycles. The van der Waals surface area contributed by atoms with Crippen molar-refractivity contribution >= 4 is 27.3 Å². The maximum atomic E-state index is 5.60. The predicted molar refractivity (Wildman–Crippen MR) is 65.0 cm³/mol. The van der Waals surface area contributed by atoms with Crippen LogP contribution in [0.4, 0.5) is 0 Å². The van der Waals surface area contributed by atoms with E-state index in [4.69, 9.17) is 10.2 Å². The van der Waals surface area contributed by atoms with E-state index in [0.717, 1.165) is 15.4 Å². The minimum atomic E-state index is 0.356. The van der Waals surface area contributed by atoms with Crippen molar-refractivity contribution in [2.45, 2.75) is 12.8 Å². The van der Waals surface area contributed by atoms with E-state index in [1.54, 1.807) is 11.3 Å². The summed E-state index contributed by atoms with van der Waals surface area (Å²) >= 11 is 4.90. The lowest BCUT2D eigenvalue weighted by Gasteiger charge is -2.01. The summed E-state index contributed by atoms with van der Waals surface area (Å²) in [6, 6.07) is 3.77. The molecule has 0 aliphatic rings. The van der Waals surface area contributed by atoms with E-state index >= 15 is 0 Å². The lowest BCUT2D eigenvalue weighted by molar-refractivity contribution is 0.555. The molecular weight excluding hydrogens is 276 g/mol. The molecule has 0 fully saturated rings. The van der Waals surface area contributed by atoms with Gasteiger partial charge in [0.15, 0.2) is 15.4 Å². The maximum Gasteiger partial charge on any atom is 0.170 e. The fourth-order valence-electron chi connectivity index (χ4n) is 1.17. The van der Waals surface area contributed by atoms with Gasteiger partial charge in [-0.1, -0.05) is 6.92 Å². The summed E-state index contributed by atoms with van der Waals surface area (Å²) in [5.74, 6) is 1.15. The molecule has 15 heavy (non-hydrogen) atoms. The summed E-state index contributed by atoms with van der Waals surface area (Å²) < 4.78 is 6.15. The molecule has 0 bridgehead atoms. The highest BCUT2D eigenvalue weighted by Crippen LogP contribution is 2.31. The normalized spacial score (nSPS) is 13.0. The molecule has 2 rings (SSSR count). The Balaban J connectivity index is 2.27. The first-order chi connectivity index (χ1) is 7.20. The average Bonchev–Trinajstić information content (AvgIpc) is 2.84. The van der Waals surface area contributed by atoms with Crippen molar-refractivity contribution in [3.8, 4) is 10.8 Å². The zero-order chi connectivity index (χ0) is 10.8. The Morgan fingerprint density at radius 1 is 1.60 bits per heavy atom. The van der Waals surface area contributed by atoms with Crippen molar-refractivity contribution in [2.75, 3.05) is 6.54 Å². The van der Waals surface area contributed by atoms with E-state index < -0.39 is 0 Å². The lowest BCUT2D eigenvalue weighted by Crippen LogP contribution is -2.07. The van der Waals surface area contributed by atoms with Gasteiger partial charge in [-0.15, -0.1) is 11.3 Å². The van der Waals surface area contributed by atoms with Crippen molar-refractivity contribution in [1.29, 1.82) is 0 Å². The van der Waals surface area contributed by atoms with Gasteiger partial charge < -0.3 is 10.2 Å². The molecule has 0 aliphatic carbocycles. The summed E-state index contributed by atoms with van der Waals surface area (Å²) in [6.07, 6.45) is 1.87. The maximum absolute atomic E-state index is 5.60. The van der Waals surface area contributed by atoms with Crippen molar-refractivity contribution in [2.24, 2.45) is 5.73 Å². The molecule has 2 heterocycles. The molecule has 0 saturated carbocycles. The predicted octanol–water partition coefficient (Wildman–Crippen LogP) is 3.23. The number of hydrogen-bond acceptors (Lipinski definition) is 4. The van der Waals surface area contributed by atoms with E-state index in [9.17, 15) is 0 Å². The quantitative estimate of drug-likeness (QED) is 0.943. The van der Waals surface area contributed by atoms with E-state index in [0.29, 0.717) is 12.5 Å². The van der Waals surface area contributed by atoms with E-state index in [1.165, 1.54) is 4.88 Å². The highest BCUT2D eigenvalue weighted by molar-refractivity contribution is 9.10. The van der Waals surface area contributed by atoms with Crippen LogP contribution in [0.25, 0.3) is 10.8 Å². The molecule has 5 heteroatoms. The van der Waals surface area contributed by atoms with Gasteiger partial charge in [0.2, 0.25) is 0 Å². The summed E-state index contributed by atoms with van der Waals surface area (Å²) in [4.78, 5) is 5.51. The SMILES string of the molecule is CC(CN)c1cnc(-c2ccc(Br)o2)s1. The van der Waals surface area contributed by atoms with Gasteiger partial charge in [-0.3, -0.25) is 0 Å². The molecule has 0 saturated heterocycles. The van der Waals surface area contributed by atoms with Crippen LogP contribution in [0, 0.1) is 0 Å². The van der Waals surface area contributed by atoms with Crippen LogP contribution in [0.2, 0.25) is 0 Å². The largest absolute Gasteiger partial charge is 0.447 e. The van der Waals surface area contributed by atoms with Crippen molar-refractivity contribution in [1.82, 2.24) is 4.98 Å². The number of nitrogens with two attached hydrogens (primary N) is 1. The van der Waals surface area contributed by atoms with Gasteiger partial charge in [0.25, 0.3) is 0 Å². The third-order valence-corrected chi connectivity index (χ3v) is 3.82. The zero-order valence-corrected chi connectivity index (χ0v) is 10.6. The summed E-state index contributed by atoms with van der Waals surface area (Å²) in [6.45, 7) is 2.73. The van der Waals surface area contributed by atoms with Crippen LogP contribution in [0.15, 0.2) is 27.4 Å². The van der Waals surface area contributed by atoms with Gasteiger partial charge in [-0.25, -0.2) is 4.98 Å². The molecule has 2 aromatic rings. The molecule has 2 N–H and O–H groups in total. The van der Waals surface area contributed by atoms with Crippen LogP contribution in [0.5, 0.6) is 0 Å². The number of furan rings is 1. The fraction of sp³-hybridized carbons (Fsp3) is 0.300. The summed E-state index contributed by atoms with van der Waals surface area (Å²) in [5.41, 5.74) is 5.60. The second kappa shape index (κ2) is 4.47. The number of halogens is 1. The Morgan fingerprint density at radius 2 is 2.40 bits per heavy atom. The van der Waals surface area contributed by atoms with Crippen LogP contribution < -0.4 is 5.73 Å². The number of aromatic nitrogens is 1. The topological polar surface area (TPSA) is 52.0 Å². The van der Waals surface area contributed by atoms with Crippen LogP contribution in [-0.2, 0) is 0 Å². The van der Waals surface area contributed by atoms with Crippen LogP contribution in [0.1, 0.15) is 17.7 Å². The smallest absolute Gasteiger partial charge is 0.170 e. The first-order valence-corrected chi connectivity index (χ1v) is 6.23. The fourth-order valence-corrected chi connectivity index (χ4v) is 2.42. The Labute approximate surface area is 100 Å². The number of hydrogen-bond donors (Lipinski definition) is 1. The Bertz CT molecular complexity index is 452. The first-order valence-electron chi connectivity index (χ1n) is 4.62. The molecule has 80 valence electrons. The minimum Gasteiger partial charge on any atom is -0.447 e. The highest BCUT2D eigenvalue weighted by Gasteiger charge is 2.11. The van der Waals surface area contributed by atoms with Crippen molar-refractivity contribution in [3.05, 3.63) is 27.9 Å². The van der Waals surface area contributed by atoms with Crippen molar-refractivity contribution in [3.63, 3.8) is 0 Å². The molecule has 1 atom stereocenters. The average molecular weight is 287 g/mol. The third kappa shape index (κ3) is 2.30. The number of nitrogens with zero attached hydrogens (tertiary/aromatic N) is 1. The second-order valence-electron chi connectivity index (χ2n) is 3.31. The minimum absolute atomic E-state index is 0.356. The van der Waals surface area contributed by atoms with Gasteiger partial charge in [-0.2, -0.15) is 0 Å². The molecule has 0 aliphatic heterocycles. The molecule has 0 aromatic carbocycles. The molecule has 0 amide bonds. The van der Waals surface area contributed by atoms with Crippen molar-refractivity contribution < 1.29 is 4.42 Å². The van der Waals surface area contributed by atoms with Gasteiger partial charge in [0, 0.05) is 17.0 Å². The molecule has 0 spiro atoms. The summed E-state index contributed by atoms with van der Waals surface area (Å²) in [5, 5.41) is 0.899. The van der Waals surface area contributed by atoms with E-state index in [2.05, 4.69) is 27.8 Å². The van der Waals surface area contributed by atoms with Crippen LogP contribution in [0.3, 0.4) is 0 Å². The van der Waals surface area contributed by atoms with Crippen LogP contribution >= 0.6 is 27.3 Å². The molecule has 0 radical (unpaired) electrons. The highest BCUT2D eigenvalue weighted by atomic mass is 79.9. The second-order valence-corrected chi connectivity index (χ2v) is 5.15. The van der Waals surface area contributed by atoms with Gasteiger partial charge in [0.05, 0.1) is 0 Å². The lowest BCUT2D eigenvalue weighted by atomic mass is 10.2. The van der Waals surface area contributed by atoms with Gasteiger partial charge >= 0.3 is 0 Å². The monoisotopic (exact) mass is 286 g/mol. The third-order valence-electron chi connectivity index (χ3n) is 2.15. The number of thiazole rings is 1. The zero-order valence-electron chi connectivity index (χ0n) is 8.24. The molecule has 3 nitrogen and oxygen atoms in total. The Morgan fingerprint density at radius 3 is 3.00 bits per heavy atom. The number of rotatable bonds is 3. The first kappa shape index (κ1) is 10.9.